The minimum atomic E-state index is -1.35. The first-order chi connectivity index (χ1) is 31.5. The fourth-order valence-corrected chi connectivity index (χ4v) is 8.42. The monoisotopic (exact) mass is 934 g/mol. The van der Waals surface area contributed by atoms with Crippen molar-refractivity contribution in [2.24, 2.45) is 5.73 Å². The number of rotatable bonds is 44. The first kappa shape index (κ1) is 59.4. The predicted molar refractivity (Wildman–Crippen MR) is 261 cm³/mol. The molecule has 0 bridgehead atoms. The van der Waals surface area contributed by atoms with E-state index in [2.05, 4.69) is 24.5 Å². The van der Waals surface area contributed by atoms with Crippen LogP contribution in [0.25, 0.3) is 0 Å². The Morgan fingerprint density at radius 3 is 1.49 bits per heavy atom. The van der Waals surface area contributed by atoms with Gasteiger partial charge in [-0.15, -0.1) is 0 Å². The number of nitrogens with one attached hydrogen (secondary N) is 2. The highest BCUT2D eigenvalue weighted by Gasteiger charge is 2.22. The predicted octanol–water partition coefficient (Wildman–Crippen LogP) is 10.8. The number of hydrogen-bond acceptors (Lipinski definition) is 10. The van der Waals surface area contributed by atoms with Crippen molar-refractivity contribution in [2.75, 3.05) is 18.1 Å². The lowest BCUT2D eigenvalue weighted by Gasteiger charge is -2.19. The summed E-state index contributed by atoms with van der Waals surface area (Å²) in [5.74, 6) is -3.64. The highest BCUT2D eigenvalue weighted by molar-refractivity contribution is 7.99. The molecule has 0 saturated heterocycles. The molecule has 0 aliphatic rings. The van der Waals surface area contributed by atoms with Gasteiger partial charge >= 0.3 is 23.9 Å². The van der Waals surface area contributed by atoms with E-state index in [1.165, 1.54) is 152 Å². The average Bonchev–Trinajstić information content (AvgIpc) is 3.28. The normalized spacial score (nSPS) is 12.5. The minimum Gasteiger partial charge on any atom is -0.481 e. The number of ether oxygens (including phenoxy) is 2. The Kier molecular flexibility index (Phi) is 37.1. The molecule has 14 heteroatoms. The fourth-order valence-electron chi connectivity index (χ4n) is 7.46. The SMILES string of the molecule is CCCCCCCCCCCCCCCC(=O)OC[C@H](CSC[C@H](N)C(=O)NCc1ccc(C(=O)N[C@@H](CCC(=O)O)C(=O)O)cc1)OC(=O)CCCCCCCCCCCCCCC. The van der Waals surface area contributed by atoms with Gasteiger partial charge in [0.2, 0.25) is 5.91 Å². The molecule has 1 aromatic rings. The molecule has 1 aromatic carbocycles. The van der Waals surface area contributed by atoms with E-state index in [0.29, 0.717) is 24.2 Å². The van der Waals surface area contributed by atoms with Crippen molar-refractivity contribution in [3.8, 4) is 0 Å². The van der Waals surface area contributed by atoms with Gasteiger partial charge in [0, 0.05) is 42.9 Å². The van der Waals surface area contributed by atoms with E-state index >= 15 is 0 Å². The maximum atomic E-state index is 12.9. The minimum absolute atomic E-state index is 0.0522. The second-order valence-electron chi connectivity index (χ2n) is 17.6. The van der Waals surface area contributed by atoms with Crippen molar-refractivity contribution in [2.45, 2.75) is 231 Å². The highest BCUT2D eigenvalue weighted by Crippen LogP contribution is 2.17. The number of esters is 2. The molecule has 0 spiro atoms. The summed E-state index contributed by atoms with van der Waals surface area (Å²) in [4.78, 5) is 73.3. The van der Waals surface area contributed by atoms with Gasteiger partial charge in [0.1, 0.15) is 18.8 Å². The van der Waals surface area contributed by atoms with Crippen LogP contribution >= 0.6 is 11.8 Å². The van der Waals surface area contributed by atoms with E-state index < -0.39 is 48.4 Å². The van der Waals surface area contributed by atoms with E-state index in [-0.39, 0.29) is 42.8 Å². The Labute approximate surface area is 395 Å². The number of carboxylic acids is 2. The zero-order chi connectivity index (χ0) is 47.8. The van der Waals surface area contributed by atoms with Crippen molar-refractivity contribution in [1.82, 2.24) is 10.6 Å². The first-order valence-corrected chi connectivity index (χ1v) is 26.4. The van der Waals surface area contributed by atoms with Crippen LogP contribution in [0.1, 0.15) is 222 Å². The molecule has 0 fully saturated rings. The molecule has 1 rings (SSSR count). The number of carboxylic acid groups (broad SMARTS) is 2. The molecular formula is C51H87N3O10S. The van der Waals surface area contributed by atoms with Crippen molar-refractivity contribution in [3.63, 3.8) is 0 Å². The standard InChI is InChI=1S/C51H87N3O10S/c1-3-5-7-9-11-13-15-17-19-21-23-25-27-29-47(57)63-38-43(64-48(58)30-28-26-24-22-20-18-16-14-12-10-8-6-4-2)39-65-40-44(52)50(60)53-37-41-31-33-42(34-32-41)49(59)54-45(51(61)62)35-36-46(55)56/h31-34,43-45H,3-30,35-40,52H2,1-2H3,(H,53,60)(H,54,59)(H,55,56)(H,61,62)/t43-,44+,45+/m1/s1. The van der Waals surface area contributed by atoms with E-state index in [4.69, 9.17) is 20.3 Å². The number of amides is 2. The summed E-state index contributed by atoms with van der Waals surface area (Å²) in [5, 5.41) is 23.3. The molecule has 13 nitrogen and oxygen atoms in total. The number of carbonyl (C=O) groups excluding carboxylic acids is 4. The highest BCUT2D eigenvalue weighted by atomic mass is 32.2. The number of unbranched alkanes of at least 4 members (excludes halogenated alkanes) is 24. The summed E-state index contributed by atoms with van der Waals surface area (Å²) < 4.78 is 11.4. The van der Waals surface area contributed by atoms with Crippen LogP contribution in [-0.2, 0) is 40.0 Å². The van der Waals surface area contributed by atoms with Gasteiger partial charge in [0.25, 0.3) is 5.91 Å². The van der Waals surface area contributed by atoms with Gasteiger partial charge in [-0.2, -0.15) is 11.8 Å². The summed E-state index contributed by atoms with van der Waals surface area (Å²) in [7, 11) is 0. The Hall–Kier alpha value is -3.65. The van der Waals surface area contributed by atoms with Gasteiger partial charge in [-0.05, 0) is 37.0 Å². The van der Waals surface area contributed by atoms with Gasteiger partial charge in [-0.3, -0.25) is 24.0 Å². The lowest BCUT2D eigenvalue weighted by atomic mass is 10.0. The largest absolute Gasteiger partial charge is 0.481 e. The lowest BCUT2D eigenvalue weighted by molar-refractivity contribution is -0.157. The molecule has 0 aliphatic carbocycles. The van der Waals surface area contributed by atoms with Gasteiger partial charge in [0.05, 0.1) is 6.04 Å². The molecule has 2 amide bonds. The molecular weight excluding hydrogens is 847 g/mol. The van der Waals surface area contributed by atoms with Crippen LogP contribution in [0.2, 0.25) is 0 Å². The van der Waals surface area contributed by atoms with E-state index in [1.807, 2.05) is 0 Å². The molecule has 0 heterocycles. The van der Waals surface area contributed by atoms with Crippen LogP contribution in [0.4, 0.5) is 0 Å². The Morgan fingerprint density at radius 2 is 1.05 bits per heavy atom. The van der Waals surface area contributed by atoms with Crippen LogP contribution in [0.3, 0.4) is 0 Å². The average molecular weight is 934 g/mol. The number of benzene rings is 1. The Morgan fingerprint density at radius 1 is 0.600 bits per heavy atom. The molecule has 372 valence electrons. The topological polar surface area (TPSA) is 211 Å². The van der Waals surface area contributed by atoms with Crippen LogP contribution in [0.15, 0.2) is 24.3 Å². The molecule has 3 atom stereocenters. The van der Waals surface area contributed by atoms with E-state index in [1.54, 1.807) is 12.1 Å². The maximum absolute atomic E-state index is 12.9. The number of hydrogen-bond donors (Lipinski definition) is 5. The summed E-state index contributed by atoms with van der Waals surface area (Å²) in [6.07, 6.45) is 30.9. The number of aliphatic carboxylic acids is 2. The zero-order valence-corrected chi connectivity index (χ0v) is 41.0. The van der Waals surface area contributed by atoms with Crippen LogP contribution in [-0.4, -0.2) is 82.2 Å². The van der Waals surface area contributed by atoms with Crippen molar-refractivity contribution < 1.29 is 48.5 Å². The number of nitrogens with two attached hydrogens (primary N) is 1. The molecule has 0 saturated carbocycles. The molecule has 0 aliphatic heterocycles. The van der Waals surface area contributed by atoms with Gasteiger partial charge in [-0.25, -0.2) is 4.79 Å². The molecule has 0 radical (unpaired) electrons. The van der Waals surface area contributed by atoms with Gasteiger partial charge in [-0.1, -0.05) is 180 Å². The second kappa shape index (κ2) is 40.6. The summed E-state index contributed by atoms with van der Waals surface area (Å²) in [6.45, 7) is 4.57. The third-order valence-corrected chi connectivity index (χ3v) is 12.8. The summed E-state index contributed by atoms with van der Waals surface area (Å²) in [6, 6.07) is 3.97. The summed E-state index contributed by atoms with van der Waals surface area (Å²) in [5.41, 5.74) is 7.06. The van der Waals surface area contributed by atoms with Crippen LogP contribution in [0, 0.1) is 0 Å². The molecule has 65 heavy (non-hydrogen) atoms. The third-order valence-electron chi connectivity index (χ3n) is 11.6. The van der Waals surface area contributed by atoms with E-state index in [0.717, 1.165) is 38.5 Å². The van der Waals surface area contributed by atoms with Gasteiger partial charge in [0.15, 0.2) is 0 Å². The van der Waals surface area contributed by atoms with Crippen LogP contribution < -0.4 is 16.4 Å². The second-order valence-corrected chi connectivity index (χ2v) is 18.7. The lowest BCUT2D eigenvalue weighted by Crippen LogP contribution is -2.42. The molecule has 6 N–H and O–H groups in total. The molecule has 0 aromatic heterocycles. The maximum Gasteiger partial charge on any atom is 0.326 e. The van der Waals surface area contributed by atoms with Crippen LogP contribution in [0.5, 0.6) is 0 Å². The van der Waals surface area contributed by atoms with Crippen molar-refractivity contribution >= 4 is 47.5 Å². The Bertz CT molecular complexity index is 1430. The van der Waals surface area contributed by atoms with Crippen molar-refractivity contribution in [1.29, 1.82) is 0 Å². The quantitative estimate of drug-likeness (QED) is 0.0306. The number of carbonyl (C=O) groups is 6. The van der Waals surface area contributed by atoms with Gasteiger partial charge < -0.3 is 36.1 Å². The third kappa shape index (κ3) is 34.3. The zero-order valence-electron chi connectivity index (χ0n) is 40.2. The fraction of sp³-hybridized carbons (Fsp3) is 0.765. The van der Waals surface area contributed by atoms with Crippen molar-refractivity contribution in [3.05, 3.63) is 35.4 Å². The first-order valence-electron chi connectivity index (χ1n) is 25.3. The Balaban J connectivity index is 2.52. The smallest absolute Gasteiger partial charge is 0.326 e. The molecule has 0 unspecified atom stereocenters. The van der Waals surface area contributed by atoms with E-state index in [9.17, 15) is 33.9 Å². The summed E-state index contributed by atoms with van der Waals surface area (Å²) >= 11 is 1.34. The number of thioether (sulfide) groups is 1.